The van der Waals surface area contributed by atoms with Crippen LogP contribution in [0.3, 0.4) is 0 Å². The molecule has 3 aliphatic rings. The molecule has 0 aromatic heterocycles. The molecule has 7 heteroatoms. The maximum Gasteiger partial charge on any atom is 0.409 e. The van der Waals surface area contributed by atoms with E-state index in [-0.39, 0.29) is 35.6 Å². The fourth-order valence-corrected chi connectivity index (χ4v) is 6.49. The van der Waals surface area contributed by atoms with Gasteiger partial charge in [0.05, 0.1) is 25.3 Å². The molecule has 2 atom stereocenters. The highest BCUT2D eigenvalue weighted by Gasteiger charge is 2.40. The zero-order valence-corrected chi connectivity index (χ0v) is 21.8. The van der Waals surface area contributed by atoms with Crippen molar-refractivity contribution in [2.45, 2.75) is 64.8 Å². The Morgan fingerprint density at radius 2 is 1.95 bits per heavy atom. The molecule has 2 aromatic rings. The third kappa shape index (κ3) is 4.88. The Labute approximate surface area is 217 Å². The molecule has 1 saturated carbocycles. The summed E-state index contributed by atoms with van der Waals surface area (Å²) in [4.78, 5) is 30.8. The first-order valence-electron chi connectivity index (χ1n) is 13.3. The number of amides is 1. The van der Waals surface area contributed by atoms with Gasteiger partial charge in [-0.25, -0.2) is 9.18 Å². The minimum Gasteiger partial charge on any atom is -0.481 e. The number of halogens is 1. The van der Waals surface area contributed by atoms with Crippen molar-refractivity contribution in [2.24, 2.45) is 22.7 Å². The topological polar surface area (TPSA) is 79.2 Å². The molecule has 37 heavy (non-hydrogen) atoms. The summed E-state index contributed by atoms with van der Waals surface area (Å²) in [6, 6.07) is 9.84. The lowest BCUT2D eigenvalue weighted by Gasteiger charge is -2.32. The SMILES string of the molecule is COC(=O)N1CCc2ccc3c(c2C1)N=C(C1CCC(C(=O)O)CC1)C3[C@@H](C)Cc1ccc(C)c(F)c1. The number of fused-ring (bicyclic) bond motifs is 3. The van der Waals surface area contributed by atoms with Crippen LogP contribution in [0.1, 0.15) is 66.3 Å². The molecule has 0 radical (unpaired) electrons. The van der Waals surface area contributed by atoms with E-state index < -0.39 is 5.97 Å². The van der Waals surface area contributed by atoms with Crippen molar-refractivity contribution in [2.75, 3.05) is 13.7 Å². The number of benzene rings is 2. The van der Waals surface area contributed by atoms with Gasteiger partial charge in [0, 0.05) is 23.7 Å². The molecule has 2 aliphatic heterocycles. The Hall–Kier alpha value is -3.22. The molecule has 2 aromatic carbocycles. The summed E-state index contributed by atoms with van der Waals surface area (Å²) in [6.07, 6.45) is 4.09. The number of hydrogen-bond acceptors (Lipinski definition) is 4. The highest BCUT2D eigenvalue weighted by atomic mass is 19.1. The summed E-state index contributed by atoms with van der Waals surface area (Å²) >= 11 is 0. The van der Waals surface area contributed by atoms with Crippen LogP contribution in [0.15, 0.2) is 35.3 Å². The molecule has 5 rings (SSSR count). The Bertz CT molecular complexity index is 1250. The number of hydrogen-bond donors (Lipinski definition) is 1. The summed E-state index contributed by atoms with van der Waals surface area (Å²) in [5, 5.41) is 9.50. The molecule has 0 saturated heterocycles. The second-order valence-electron chi connectivity index (χ2n) is 10.9. The fraction of sp³-hybridized carbons (Fsp3) is 0.500. The highest BCUT2D eigenvalue weighted by Crippen LogP contribution is 2.48. The Balaban J connectivity index is 1.50. The van der Waals surface area contributed by atoms with E-state index in [4.69, 9.17) is 9.73 Å². The molecule has 2 heterocycles. The van der Waals surface area contributed by atoms with E-state index in [9.17, 15) is 19.1 Å². The van der Waals surface area contributed by atoms with Crippen molar-refractivity contribution < 1.29 is 23.8 Å². The number of carboxylic acids is 1. The van der Waals surface area contributed by atoms with Gasteiger partial charge in [0.2, 0.25) is 0 Å². The first kappa shape index (κ1) is 25.4. The first-order chi connectivity index (χ1) is 17.8. The van der Waals surface area contributed by atoms with E-state index in [2.05, 4.69) is 19.1 Å². The minimum absolute atomic E-state index is 0.0737. The van der Waals surface area contributed by atoms with E-state index in [0.29, 0.717) is 31.5 Å². The lowest BCUT2D eigenvalue weighted by atomic mass is 9.72. The van der Waals surface area contributed by atoms with Gasteiger partial charge in [0.1, 0.15) is 5.82 Å². The zero-order chi connectivity index (χ0) is 26.3. The van der Waals surface area contributed by atoms with Gasteiger partial charge in [-0.3, -0.25) is 9.79 Å². The molecule has 6 nitrogen and oxygen atoms in total. The van der Waals surface area contributed by atoms with Crippen LogP contribution < -0.4 is 0 Å². The Kier molecular flexibility index (Phi) is 7.06. The number of aliphatic carboxylic acids is 1. The number of ether oxygens (including phenoxy) is 1. The maximum absolute atomic E-state index is 14.3. The van der Waals surface area contributed by atoms with E-state index in [0.717, 1.165) is 48.2 Å². The number of carboxylic acid groups (broad SMARTS) is 1. The van der Waals surface area contributed by atoms with Crippen LogP contribution in [0.2, 0.25) is 0 Å². The third-order valence-corrected chi connectivity index (χ3v) is 8.60. The Morgan fingerprint density at radius 3 is 2.62 bits per heavy atom. The van der Waals surface area contributed by atoms with Crippen LogP contribution in [0.5, 0.6) is 0 Å². The smallest absolute Gasteiger partial charge is 0.409 e. The Morgan fingerprint density at radius 1 is 1.19 bits per heavy atom. The summed E-state index contributed by atoms with van der Waals surface area (Å²) in [6.45, 7) is 5.07. The molecule has 0 spiro atoms. The van der Waals surface area contributed by atoms with Gasteiger partial charge in [-0.05, 0) is 85.6 Å². The number of carbonyl (C=O) groups excluding carboxylic acids is 1. The van der Waals surface area contributed by atoms with Crippen LogP contribution in [-0.2, 0) is 28.9 Å². The molecule has 1 fully saturated rings. The summed E-state index contributed by atoms with van der Waals surface area (Å²) in [5.74, 6) is -0.704. The number of nitrogens with zero attached hydrogens (tertiary/aromatic N) is 2. The third-order valence-electron chi connectivity index (χ3n) is 8.60. The standard InChI is InChI=1S/C30H35FN2O4/c1-17-4-5-19(15-25(17)31)14-18(2)26-23-11-10-20-12-13-33(30(36)37-3)16-24(20)28(23)32-27(26)21-6-8-22(9-7-21)29(34)35/h4-5,10-11,15,18,21-22,26H,6-9,12-14,16H2,1-3H3,(H,34,35)/t18-,21?,22?,26?/m0/s1. The van der Waals surface area contributed by atoms with Gasteiger partial charge in [-0.15, -0.1) is 0 Å². The second-order valence-corrected chi connectivity index (χ2v) is 10.9. The van der Waals surface area contributed by atoms with Crippen molar-refractivity contribution >= 4 is 23.5 Å². The van der Waals surface area contributed by atoms with Gasteiger partial charge in [0.25, 0.3) is 0 Å². The van der Waals surface area contributed by atoms with E-state index in [1.807, 2.05) is 12.1 Å². The summed E-state index contributed by atoms with van der Waals surface area (Å²) < 4.78 is 19.3. The second kappa shape index (κ2) is 10.3. The predicted molar refractivity (Wildman–Crippen MR) is 140 cm³/mol. The lowest BCUT2D eigenvalue weighted by molar-refractivity contribution is -0.142. The number of aliphatic imine (C=N–C) groups is 1. The van der Waals surface area contributed by atoms with Crippen LogP contribution >= 0.6 is 0 Å². The molecule has 196 valence electrons. The molecule has 1 N–H and O–H groups in total. The van der Waals surface area contributed by atoms with Crippen LogP contribution in [0.4, 0.5) is 14.9 Å². The first-order valence-corrected chi connectivity index (χ1v) is 13.3. The van der Waals surface area contributed by atoms with E-state index in [1.54, 1.807) is 17.9 Å². The van der Waals surface area contributed by atoms with Crippen molar-refractivity contribution in [3.05, 3.63) is 64.0 Å². The van der Waals surface area contributed by atoms with Crippen molar-refractivity contribution in [1.29, 1.82) is 0 Å². The highest BCUT2D eigenvalue weighted by molar-refractivity contribution is 6.01. The molecule has 0 bridgehead atoms. The normalized spacial score (nSPS) is 23.6. The summed E-state index contributed by atoms with van der Waals surface area (Å²) in [5.41, 5.74) is 7.17. The van der Waals surface area contributed by atoms with Crippen molar-refractivity contribution in [3.63, 3.8) is 0 Å². The largest absolute Gasteiger partial charge is 0.481 e. The molecular formula is C30H35FN2O4. The molecular weight excluding hydrogens is 471 g/mol. The lowest BCUT2D eigenvalue weighted by Crippen LogP contribution is -2.35. The van der Waals surface area contributed by atoms with Gasteiger partial charge in [-0.1, -0.05) is 31.2 Å². The van der Waals surface area contributed by atoms with Crippen LogP contribution in [0.25, 0.3) is 0 Å². The maximum atomic E-state index is 14.3. The molecule has 1 aliphatic carbocycles. The van der Waals surface area contributed by atoms with Gasteiger partial charge in [0.15, 0.2) is 0 Å². The number of aryl methyl sites for hydroxylation is 1. The zero-order valence-electron chi connectivity index (χ0n) is 21.8. The summed E-state index contributed by atoms with van der Waals surface area (Å²) in [7, 11) is 1.41. The van der Waals surface area contributed by atoms with Crippen LogP contribution in [-0.4, -0.2) is 41.4 Å². The fourth-order valence-electron chi connectivity index (χ4n) is 6.49. The van der Waals surface area contributed by atoms with Crippen molar-refractivity contribution in [3.8, 4) is 0 Å². The van der Waals surface area contributed by atoms with E-state index >= 15 is 0 Å². The van der Waals surface area contributed by atoms with Gasteiger partial charge < -0.3 is 14.7 Å². The van der Waals surface area contributed by atoms with Crippen LogP contribution in [0, 0.1) is 30.5 Å². The van der Waals surface area contributed by atoms with Crippen molar-refractivity contribution in [1.82, 2.24) is 4.90 Å². The van der Waals surface area contributed by atoms with Gasteiger partial charge in [-0.2, -0.15) is 0 Å². The predicted octanol–water partition coefficient (Wildman–Crippen LogP) is 6.20. The van der Waals surface area contributed by atoms with E-state index in [1.165, 1.54) is 18.2 Å². The number of methoxy groups -OCH3 is 1. The number of rotatable bonds is 5. The monoisotopic (exact) mass is 506 g/mol. The molecule has 1 amide bonds. The van der Waals surface area contributed by atoms with Gasteiger partial charge >= 0.3 is 12.1 Å². The molecule has 1 unspecified atom stereocenters. The number of carbonyl (C=O) groups is 2. The minimum atomic E-state index is -0.710. The quantitative estimate of drug-likeness (QED) is 0.524. The average molecular weight is 507 g/mol. The average Bonchev–Trinajstić information content (AvgIpc) is 3.30.